The summed E-state index contributed by atoms with van der Waals surface area (Å²) in [6.07, 6.45) is 0. The van der Waals surface area contributed by atoms with Gasteiger partial charge >= 0.3 is 0 Å². The molecule has 1 aliphatic heterocycles. The number of fused-ring (bicyclic) bond motifs is 3. The summed E-state index contributed by atoms with van der Waals surface area (Å²) >= 11 is 0. The molecule has 6 heteroatoms. The number of carbonyl (C=O) groups excluding carboxylic acids is 1. The average Bonchev–Trinajstić information content (AvgIpc) is 2.43. The lowest BCUT2D eigenvalue weighted by Crippen LogP contribution is -2.40. The Bertz CT molecular complexity index is 800. The minimum absolute atomic E-state index is 0.194. The predicted octanol–water partition coefficient (Wildman–Crippen LogP) is 1.35. The average molecular weight is 288 g/mol. The van der Waals surface area contributed by atoms with Crippen molar-refractivity contribution in [1.29, 1.82) is 0 Å². The van der Waals surface area contributed by atoms with Gasteiger partial charge in [0.2, 0.25) is 5.91 Å². The Labute approximate surface area is 116 Å². The molecule has 0 fully saturated rings. The summed E-state index contributed by atoms with van der Waals surface area (Å²) < 4.78 is 26.3. The van der Waals surface area contributed by atoms with E-state index >= 15 is 0 Å². The van der Waals surface area contributed by atoms with Crippen LogP contribution in [0.4, 0.5) is 5.69 Å². The first-order valence-corrected chi connectivity index (χ1v) is 7.45. The molecule has 0 atom stereocenters. The molecule has 1 amide bonds. The summed E-state index contributed by atoms with van der Waals surface area (Å²) in [6.45, 7) is -0.367. The zero-order chi connectivity index (χ0) is 14.3. The number of hydrogen-bond donors (Lipinski definition) is 1. The first kappa shape index (κ1) is 12.7. The van der Waals surface area contributed by atoms with E-state index in [0.29, 0.717) is 11.3 Å². The summed E-state index contributed by atoms with van der Waals surface area (Å²) in [5, 5.41) is 0. The van der Waals surface area contributed by atoms with Crippen molar-refractivity contribution >= 4 is 21.6 Å². The molecule has 0 saturated carbocycles. The van der Waals surface area contributed by atoms with Crippen LogP contribution in [0.3, 0.4) is 0 Å². The van der Waals surface area contributed by atoms with Crippen molar-refractivity contribution in [1.82, 2.24) is 0 Å². The second-order valence-electron chi connectivity index (χ2n) is 4.49. The number of hydrogen-bond acceptors (Lipinski definition) is 3. The Morgan fingerprint density at radius 1 is 1.00 bits per heavy atom. The molecule has 1 aliphatic rings. The number of sulfonamides is 1. The zero-order valence-corrected chi connectivity index (χ0v) is 11.3. The highest BCUT2D eigenvalue weighted by molar-refractivity contribution is 7.93. The van der Waals surface area contributed by atoms with Crippen LogP contribution in [0.25, 0.3) is 11.1 Å². The van der Waals surface area contributed by atoms with E-state index in [1.807, 2.05) is 12.1 Å². The highest BCUT2D eigenvalue weighted by Gasteiger charge is 2.35. The first-order valence-electron chi connectivity index (χ1n) is 6.01. The van der Waals surface area contributed by atoms with Gasteiger partial charge in [-0.05, 0) is 12.1 Å². The maximum Gasteiger partial charge on any atom is 0.265 e. The number of nitrogens with two attached hydrogens (primary N) is 1. The minimum atomic E-state index is -3.76. The van der Waals surface area contributed by atoms with Crippen LogP contribution in [-0.4, -0.2) is 20.9 Å². The highest BCUT2D eigenvalue weighted by Crippen LogP contribution is 2.42. The topological polar surface area (TPSA) is 80.5 Å². The van der Waals surface area contributed by atoms with Crippen molar-refractivity contribution in [3.8, 4) is 11.1 Å². The van der Waals surface area contributed by atoms with Crippen LogP contribution in [0.5, 0.6) is 0 Å². The van der Waals surface area contributed by atoms with E-state index in [1.165, 1.54) is 6.07 Å². The fourth-order valence-electron chi connectivity index (χ4n) is 2.39. The van der Waals surface area contributed by atoms with Gasteiger partial charge in [-0.1, -0.05) is 36.4 Å². The fourth-order valence-corrected chi connectivity index (χ4v) is 4.05. The fraction of sp³-hybridized carbons (Fsp3) is 0.0714. The third-order valence-corrected chi connectivity index (χ3v) is 5.04. The zero-order valence-electron chi connectivity index (χ0n) is 10.5. The molecule has 0 radical (unpaired) electrons. The molecule has 102 valence electrons. The summed E-state index contributed by atoms with van der Waals surface area (Å²) in [6, 6.07) is 13.8. The molecule has 0 bridgehead atoms. The van der Waals surface area contributed by atoms with Crippen LogP contribution >= 0.6 is 0 Å². The highest BCUT2D eigenvalue weighted by atomic mass is 32.2. The molecule has 0 aliphatic carbocycles. The quantitative estimate of drug-likeness (QED) is 0.905. The molecule has 1 heterocycles. The molecule has 2 aromatic carbocycles. The Kier molecular flexibility index (Phi) is 2.76. The summed E-state index contributed by atoms with van der Waals surface area (Å²) in [5.74, 6) is -0.692. The normalized spacial score (nSPS) is 15.3. The van der Waals surface area contributed by atoms with E-state index in [1.54, 1.807) is 30.3 Å². The molecule has 3 rings (SSSR count). The van der Waals surface area contributed by atoms with Crippen LogP contribution in [0.1, 0.15) is 0 Å². The first-order chi connectivity index (χ1) is 9.51. The molecule has 2 aromatic rings. The number of rotatable bonds is 2. The van der Waals surface area contributed by atoms with Crippen molar-refractivity contribution in [2.75, 3.05) is 10.8 Å². The second kappa shape index (κ2) is 4.35. The smallest absolute Gasteiger partial charge is 0.265 e. The van der Waals surface area contributed by atoms with E-state index in [2.05, 4.69) is 0 Å². The molecule has 2 N–H and O–H groups in total. The van der Waals surface area contributed by atoms with E-state index in [0.717, 1.165) is 9.87 Å². The van der Waals surface area contributed by atoms with Crippen molar-refractivity contribution in [3.05, 3.63) is 48.5 Å². The number of anilines is 1. The molecular weight excluding hydrogens is 276 g/mol. The lowest BCUT2D eigenvalue weighted by Gasteiger charge is -2.31. The monoisotopic (exact) mass is 288 g/mol. The van der Waals surface area contributed by atoms with Gasteiger partial charge in [0.05, 0.1) is 10.6 Å². The van der Waals surface area contributed by atoms with Gasteiger partial charge in [-0.25, -0.2) is 8.42 Å². The molecule has 0 spiro atoms. The lowest BCUT2D eigenvalue weighted by atomic mass is 10.0. The Morgan fingerprint density at radius 2 is 1.60 bits per heavy atom. The molecular formula is C14H12N2O3S. The summed E-state index contributed by atoms with van der Waals surface area (Å²) in [4.78, 5) is 11.4. The van der Waals surface area contributed by atoms with Crippen LogP contribution in [0.15, 0.2) is 53.4 Å². The third-order valence-electron chi connectivity index (χ3n) is 3.22. The van der Waals surface area contributed by atoms with Gasteiger partial charge in [0.15, 0.2) is 0 Å². The van der Waals surface area contributed by atoms with Crippen molar-refractivity contribution in [3.63, 3.8) is 0 Å². The van der Waals surface area contributed by atoms with E-state index in [-0.39, 0.29) is 11.4 Å². The van der Waals surface area contributed by atoms with Gasteiger partial charge in [0, 0.05) is 11.1 Å². The number of nitrogens with zero attached hydrogens (tertiary/aromatic N) is 1. The Morgan fingerprint density at radius 3 is 2.30 bits per heavy atom. The Balaban J connectivity index is 2.34. The SMILES string of the molecule is NC(=O)CN1c2ccccc2-c2ccccc2S1(=O)=O. The molecule has 0 aromatic heterocycles. The third kappa shape index (κ3) is 1.77. The lowest BCUT2D eigenvalue weighted by molar-refractivity contribution is -0.116. The molecule has 5 nitrogen and oxygen atoms in total. The van der Waals surface area contributed by atoms with Crippen LogP contribution < -0.4 is 10.0 Å². The maximum atomic E-state index is 12.6. The van der Waals surface area contributed by atoms with E-state index in [4.69, 9.17) is 5.73 Å². The number of para-hydroxylation sites is 1. The van der Waals surface area contributed by atoms with Crippen LogP contribution in [-0.2, 0) is 14.8 Å². The predicted molar refractivity (Wildman–Crippen MR) is 75.6 cm³/mol. The van der Waals surface area contributed by atoms with Crippen molar-refractivity contribution < 1.29 is 13.2 Å². The second-order valence-corrected chi connectivity index (χ2v) is 6.32. The number of carbonyl (C=O) groups is 1. The number of amides is 1. The largest absolute Gasteiger partial charge is 0.368 e. The summed E-state index contributed by atoms with van der Waals surface area (Å²) in [5.41, 5.74) is 7.07. The number of primary amides is 1. The van der Waals surface area contributed by atoms with Crippen LogP contribution in [0, 0.1) is 0 Å². The van der Waals surface area contributed by atoms with Gasteiger partial charge in [-0.3, -0.25) is 9.10 Å². The van der Waals surface area contributed by atoms with Gasteiger partial charge in [0.1, 0.15) is 6.54 Å². The van der Waals surface area contributed by atoms with Crippen LogP contribution in [0.2, 0.25) is 0 Å². The molecule has 20 heavy (non-hydrogen) atoms. The van der Waals surface area contributed by atoms with Crippen molar-refractivity contribution in [2.24, 2.45) is 5.73 Å². The standard InChI is InChI=1S/C14H12N2O3S/c15-14(17)9-16-12-7-3-1-5-10(12)11-6-2-4-8-13(11)20(16,18)19/h1-8H,9H2,(H2,15,17). The molecule has 0 unspecified atom stereocenters. The number of benzene rings is 2. The van der Waals surface area contributed by atoms with Crippen molar-refractivity contribution in [2.45, 2.75) is 4.90 Å². The molecule has 0 saturated heterocycles. The van der Waals surface area contributed by atoms with Gasteiger partial charge in [0.25, 0.3) is 10.0 Å². The van der Waals surface area contributed by atoms with Gasteiger partial charge in [-0.15, -0.1) is 0 Å². The Hall–Kier alpha value is -2.34. The van der Waals surface area contributed by atoms with E-state index < -0.39 is 15.9 Å². The summed E-state index contributed by atoms with van der Waals surface area (Å²) in [7, 11) is -3.76. The van der Waals surface area contributed by atoms with E-state index in [9.17, 15) is 13.2 Å². The minimum Gasteiger partial charge on any atom is -0.368 e. The van der Waals surface area contributed by atoms with Gasteiger partial charge in [-0.2, -0.15) is 0 Å². The van der Waals surface area contributed by atoms with Gasteiger partial charge < -0.3 is 5.73 Å². The maximum absolute atomic E-state index is 12.6.